The molecule has 0 atom stereocenters. The minimum Gasteiger partial charge on any atom is -0.351 e. The normalized spacial score (nSPS) is 13.7. The standard InChI is InChI=1S/C42H58N2Si2/c1-25(2)45(26(3)4,27(5)6)39-23-31-15-17-35-33-20-22-38-36(34(33)19-21-37(35)41(31)43(39)13)18-16-32-24-40(44(14)42(32)38)46(28(7)8,29(9)10)30(11)12/h15-30H,1-14H3. The Morgan fingerprint density at radius 3 is 0.891 bits per heavy atom. The Labute approximate surface area is 280 Å². The van der Waals surface area contributed by atoms with Gasteiger partial charge in [-0.3, -0.25) is 0 Å². The van der Waals surface area contributed by atoms with Crippen LogP contribution in [0.1, 0.15) is 83.1 Å². The number of nitrogens with zero attached hydrogens (tertiary/aromatic N) is 2. The Morgan fingerprint density at radius 1 is 0.370 bits per heavy atom. The molecule has 2 aromatic heterocycles. The number of aromatic nitrogens is 2. The van der Waals surface area contributed by atoms with Gasteiger partial charge in [0.25, 0.3) is 0 Å². The summed E-state index contributed by atoms with van der Waals surface area (Å²) in [5.41, 5.74) is 6.87. The molecule has 0 radical (unpaired) electrons. The van der Waals surface area contributed by atoms with Crippen molar-refractivity contribution in [2.75, 3.05) is 0 Å². The summed E-state index contributed by atoms with van der Waals surface area (Å²) in [5, 5.41) is 14.2. The summed E-state index contributed by atoms with van der Waals surface area (Å²) in [4.78, 5) is 0. The van der Waals surface area contributed by atoms with Crippen LogP contribution in [0.25, 0.3) is 54.1 Å². The predicted molar refractivity (Wildman–Crippen MR) is 213 cm³/mol. The van der Waals surface area contributed by atoms with Gasteiger partial charge in [-0.05, 0) is 66.9 Å². The van der Waals surface area contributed by atoms with Gasteiger partial charge >= 0.3 is 0 Å². The minimum absolute atomic E-state index is 0.679. The van der Waals surface area contributed by atoms with E-state index in [1.165, 1.54) is 54.1 Å². The molecule has 2 nitrogen and oxygen atoms in total. The molecule has 0 saturated heterocycles. The summed E-state index contributed by atoms with van der Waals surface area (Å²) in [6, 6.07) is 24.4. The maximum absolute atomic E-state index is 2.60. The van der Waals surface area contributed by atoms with Crippen molar-refractivity contribution in [3.63, 3.8) is 0 Å². The second-order valence-corrected chi connectivity index (χ2v) is 28.1. The molecule has 0 aliphatic carbocycles. The monoisotopic (exact) mass is 646 g/mol. The van der Waals surface area contributed by atoms with Crippen LogP contribution >= 0.6 is 0 Å². The Bertz CT molecular complexity index is 1910. The molecular formula is C42H58N2Si2. The van der Waals surface area contributed by atoms with E-state index in [2.05, 4.69) is 167 Å². The molecule has 46 heavy (non-hydrogen) atoms. The Kier molecular flexibility index (Phi) is 8.20. The van der Waals surface area contributed by atoms with Gasteiger partial charge in [0, 0.05) is 46.3 Å². The van der Waals surface area contributed by atoms with Crippen molar-refractivity contribution in [3.05, 3.63) is 60.7 Å². The van der Waals surface area contributed by atoms with E-state index >= 15 is 0 Å². The van der Waals surface area contributed by atoms with Gasteiger partial charge in [-0.15, -0.1) is 0 Å². The first-order chi connectivity index (χ1) is 21.6. The van der Waals surface area contributed by atoms with E-state index in [0.29, 0.717) is 33.2 Å². The average Bonchev–Trinajstić information content (AvgIpc) is 3.49. The van der Waals surface area contributed by atoms with Crippen LogP contribution in [0.4, 0.5) is 0 Å². The zero-order valence-corrected chi connectivity index (χ0v) is 33.1. The highest BCUT2D eigenvalue weighted by molar-refractivity contribution is 6.95. The Balaban J connectivity index is 1.63. The molecule has 4 aromatic carbocycles. The molecule has 0 N–H and O–H groups in total. The summed E-state index contributed by atoms with van der Waals surface area (Å²) in [7, 11) is 1.06. The summed E-state index contributed by atoms with van der Waals surface area (Å²) in [5.74, 6) is 0. The fraction of sp³-hybridized carbons (Fsp3) is 0.476. The van der Waals surface area contributed by atoms with Crippen molar-refractivity contribution in [2.45, 2.75) is 116 Å². The fourth-order valence-corrected chi connectivity index (χ4v) is 25.1. The van der Waals surface area contributed by atoms with E-state index in [0.717, 1.165) is 0 Å². The van der Waals surface area contributed by atoms with Gasteiger partial charge in [0.2, 0.25) is 0 Å². The van der Waals surface area contributed by atoms with E-state index in [4.69, 9.17) is 0 Å². The molecule has 0 fully saturated rings. The molecule has 0 spiro atoms. The topological polar surface area (TPSA) is 9.86 Å². The van der Waals surface area contributed by atoms with Crippen molar-refractivity contribution in [1.29, 1.82) is 0 Å². The number of aryl methyl sites for hydroxylation is 2. The van der Waals surface area contributed by atoms with Crippen LogP contribution in [0.2, 0.25) is 33.2 Å². The number of hydrogen-bond donors (Lipinski definition) is 0. The maximum atomic E-state index is 2.60. The molecule has 0 bridgehead atoms. The first-order valence-corrected chi connectivity index (χ1v) is 22.5. The van der Waals surface area contributed by atoms with Crippen LogP contribution < -0.4 is 10.6 Å². The zero-order valence-electron chi connectivity index (χ0n) is 31.1. The van der Waals surface area contributed by atoms with Gasteiger partial charge < -0.3 is 9.13 Å². The highest BCUT2D eigenvalue weighted by Crippen LogP contribution is 2.45. The fourth-order valence-electron chi connectivity index (χ4n) is 11.4. The van der Waals surface area contributed by atoms with Crippen molar-refractivity contribution in [1.82, 2.24) is 9.13 Å². The number of benzene rings is 4. The third kappa shape index (κ3) is 4.24. The van der Waals surface area contributed by atoms with E-state index in [1.807, 2.05) is 0 Å². The predicted octanol–water partition coefficient (Wildman–Crippen LogP) is 11.9. The number of fused-ring (bicyclic) bond motifs is 9. The molecule has 0 unspecified atom stereocenters. The molecular weight excluding hydrogens is 589 g/mol. The molecule has 2 heterocycles. The molecule has 0 aliphatic rings. The molecule has 6 rings (SSSR count). The van der Waals surface area contributed by atoms with Crippen LogP contribution in [0.3, 0.4) is 0 Å². The smallest absolute Gasteiger partial charge is 0.115 e. The lowest BCUT2D eigenvalue weighted by Gasteiger charge is -2.43. The van der Waals surface area contributed by atoms with E-state index in [-0.39, 0.29) is 0 Å². The zero-order chi connectivity index (χ0) is 33.6. The summed E-state index contributed by atoms with van der Waals surface area (Å²) in [6.45, 7) is 29.7. The van der Waals surface area contributed by atoms with Gasteiger partial charge in [0.15, 0.2) is 0 Å². The van der Waals surface area contributed by atoms with Crippen molar-refractivity contribution in [3.8, 4) is 0 Å². The van der Waals surface area contributed by atoms with Gasteiger partial charge in [-0.1, -0.05) is 132 Å². The van der Waals surface area contributed by atoms with E-state index < -0.39 is 16.1 Å². The summed E-state index contributed by atoms with van der Waals surface area (Å²) < 4.78 is 5.19. The molecule has 4 heteroatoms. The third-order valence-corrected chi connectivity index (χ3v) is 27.0. The van der Waals surface area contributed by atoms with Crippen LogP contribution in [0.5, 0.6) is 0 Å². The first-order valence-electron chi connectivity index (χ1n) is 18.0. The van der Waals surface area contributed by atoms with Gasteiger partial charge in [0.05, 0.1) is 11.0 Å². The number of hydrogen-bond acceptors (Lipinski definition) is 0. The Hall–Kier alpha value is -2.83. The average molecular weight is 647 g/mol. The van der Waals surface area contributed by atoms with E-state index in [9.17, 15) is 0 Å². The van der Waals surface area contributed by atoms with Gasteiger partial charge in [-0.25, -0.2) is 0 Å². The lowest BCUT2D eigenvalue weighted by Crippen LogP contribution is -2.57. The van der Waals surface area contributed by atoms with Crippen LogP contribution in [-0.2, 0) is 14.1 Å². The SMILES string of the molecule is CC(C)[Si](c1cc2ccc3c4ccc5c(ccc6cc([Si](C(C)C)(C(C)C)C(C)C)n(C)c65)c4ccc3c2n1C)(C(C)C)C(C)C. The molecule has 0 aliphatic heterocycles. The quantitative estimate of drug-likeness (QED) is 0.115. The third-order valence-electron chi connectivity index (χ3n) is 12.8. The van der Waals surface area contributed by atoms with Crippen LogP contribution in [0.15, 0.2) is 60.7 Å². The van der Waals surface area contributed by atoms with Crippen molar-refractivity contribution >= 4 is 80.9 Å². The molecule has 0 saturated carbocycles. The Morgan fingerprint density at radius 2 is 0.609 bits per heavy atom. The summed E-state index contributed by atoms with van der Waals surface area (Å²) in [6.07, 6.45) is 0. The molecule has 244 valence electrons. The van der Waals surface area contributed by atoms with Crippen molar-refractivity contribution < 1.29 is 0 Å². The van der Waals surface area contributed by atoms with Crippen LogP contribution in [0, 0.1) is 0 Å². The highest BCUT2D eigenvalue weighted by Gasteiger charge is 2.47. The number of rotatable bonds is 8. The lowest BCUT2D eigenvalue weighted by molar-refractivity contribution is 0.820. The van der Waals surface area contributed by atoms with E-state index in [1.54, 1.807) is 10.6 Å². The second kappa shape index (κ2) is 11.4. The van der Waals surface area contributed by atoms with Crippen LogP contribution in [-0.4, -0.2) is 25.3 Å². The lowest BCUT2D eigenvalue weighted by atomic mass is 9.95. The maximum Gasteiger partial charge on any atom is 0.115 e. The molecule has 6 aromatic rings. The van der Waals surface area contributed by atoms with Crippen molar-refractivity contribution in [2.24, 2.45) is 14.1 Å². The van der Waals surface area contributed by atoms with Gasteiger partial charge in [0.1, 0.15) is 16.1 Å². The molecule has 0 amide bonds. The summed E-state index contributed by atoms with van der Waals surface area (Å²) >= 11 is 0. The first kappa shape index (κ1) is 33.1. The highest BCUT2D eigenvalue weighted by atomic mass is 28.3. The minimum atomic E-state index is -1.81. The second-order valence-electron chi connectivity index (χ2n) is 16.4. The largest absolute Gasteiger partial charge is 0.351 e. The van der Waals surface area contributed by atoms with Gasteiger partial charge in [-0.2, -0.15) is 0 Å².